The normalized spacial score (nSPS) is 19.6. The maximum absolute atomic E-state index is 11.0. The van der Waals surface area contributed by atoms with E-state index in [-0.39, 0.29) is 17.7 Å². The van der Waals surface area contributed by atoms with Crippen molar-refractivity contribution < 1.29 is 9.90 Å². The SMILES string of the molecule is CC(=O)NC1CCN(Cc2cc(Br)c(O)c(Br)c2)C1. The number of nitrogens with one attached hydrogen (secondary N) is 1. The molecule has 0 saturated carbocycles. The maximum Gasteiger partial charge on any atom is 0.217 e. The van der Waals surface area contributed by atoms with E-state index in [9.17, 15) is 9.90 Å². The Labute approximate surface area is 129 Å². The Hall–Kier alpha value is -0.590. The molecule has 1 fully saturated rings. The molecule has 1 aromatic rings. The van der Waals surface area contributed by atoms with Crippen LogP contribution in [0.2, 0.25) is 0 Å². The van der Waals surface area contributed by atoms with Gasteiger partial charge in [0.25, 0.3) is 0 Å². The van der Waals surface area contributed by atoms with Crippen molar-refractivity contribution in [3.05, 3.63) is 26.6 Å². The second kappa shape index (κ2) is 6.24. The highest BCUT2D eigenvalue weighted by molar-refractivity contribution is 9.11. The summed E-state index contributed by atoms with van der Waals surface area (Å²) < 4.78 is 1.38. The third-order valence-electron chi connectivity index (χ3n) is 3.16. The first-order valence-electron chi connectivity index (χ1n) is 6.12. The van der Waals surface area contributed by atoms with Gasteiger partial charge in [-0.2, -0.15) is 0 Å². The molecule has 0 spiro atoms. The largest absolute Gasteiger partial charge is 0.506 e. The van der Waals surface area contributed by atoms with Gasteiger partial charge in [0.1, 0.15) is 5.75 Å². The van der Waals surface area contributed by atoms with Crippen LogP contribution in [0.25, 0.3) is 0 Å². The fourth-order valence-electron chi connectivity index (χ4n) is 2.35. The highest BCUT2D eigenvalue weighted by atomic mass is 79.9. The molecular weight excluding hydrogens is 376 g/mol. The number of carbonyl (C=O) groups is 1. The number of amides is 1. The number of hydrogen-bond acceptors (Lipinski definition) is 3. The first-order valence-corrected chi connectivity index (χ1v) is 7.70. The van der Waals surface area contributed by atoms with E-state index in [4.69, 9.17) is 0 Å². The molecule has 19 heavy (non-hydrogen) atoms. The summed E-state index contributed by atoms with van der Waals surface area (Å²) in [6.45, 7) is 4.21. The van der Waals surface area contributed by atoms with E-state index in [2.05, 4.69) is 42.1 Å². The molecule has 1 amide bonds. The monoisotopic (exact) mass is 390 g/mol. The predicted octanol–water partition coefficient (Wildman–Crippen LogP) is 2.63. The fourth-order valence-corrected chi connectivity index (χ4v) is 3.63. The van der Waals surface area contributed by atoms with E-state index in [1.807, 2.05) is 12.1 Å². The van der Waals surface area contributed by atoms with Gasteiger partial charge in [-0.3, -0.25) is 9.69 Å². The molecule has 0 radical (unpaired) electrons. The third kappa shape index (κ3) is 3.94. The van der Waals surface area contributed by atoms with E-state index < -0.39 is 0 Å². The summed E-state index contributed by atoms with van der Waals surface area (Å²) in [6, 6.07) is 4.10. The number of hydrogen-bond donors (Lipinski definition) is 2. The van der Waals surface area contributed by atoms with Crippen LogP contribution >= 0.6 is 31.9 Å². The lowest BCUT2D eigenvalue weighted by Gasteiger charge is -2.17. The van der Waals surface area contributed by atoms with Crippen LogP contribution in [0.5, 0.6) is 5.75 Å². The molecule has 1 unspecified atom stereocenters. The van der Waals surface area contributed by atoms with Gasteiger partial charge < -0.3 is 10.4 Å². The smallest absolute Gasteiger partial charge is 0.217 e. The van der Waals surface area contributed by atoms with Gasteiger partial charge in [-0.15, -0.1) is 0 Å². The van der Waals surface area contributed by atoms with Crippen molar-refractivity contribution in [2.75, 3.05) is 13.1 Å². The van der Waals surface area contributed by atoms with E-state index in [0.29, 0.717) is 8.95 Å². The van der Waals surface area contributed by atoms with Crippen molar-refractivity contribution in [1.29, 1.82) is 0 Å². The quantitative estimate of drug-likeness (QED) is 0.832. The van der Waals surface area contributed by atoms with Crippen molar-refractivity contribution in [3.8, 4) is 5.75 Å². The van der Waals surface area contributed by atoms with Gasteiger partial charge in [-0.05, 0) is 56.0 Å². The number of phenolic OH excluding ortho intramolecular Hbond substituents is 1. The second-order valence-corrected chi connectivity index (χ2v) is 6.54. The minimum Gasteiger partial charge on any atom is -0.506 e. The van der Waals surface area contributed by atoms with Crippen molar-refractivity contribution >= 4 is 37.8 Å². The molecule has 1 saturated heterocycles. The minimum atomic E-state index is 0.0296. The Kier molecular flexibility index (Phi) is 4.86. The predicted molar refractivity (Wildman–Crippen MR) is 81.0 cm³/mol. The lowest BCUT2D eigenvalue weighted by molar-refractivity contribution is -0.119. The molecule has 1 aliphatic heterocycles. The molecule has 1 aromatic carbocycles. The third-order valence-corrected chi connectivity index (χ3v) is 4.37. The topological polar surface area (TPSA) is 52.6 Å². The summed E-state index contributed by atoms with van der Waals surface area (Å²) in [5, 5.41) is 12.6. The number of benzene rings is 1. The molecule has 6 heteroatoms. The van der Waals surface area contributed by atoms with Crippen LogP contribution in [0.3, 0.4) is 0 Å². The van der Waals surface area contributed by atoms with E-state index in [1.54, 1.807) is 6.92 Å². The Morgan fingerprint density at radius 1 is 1.47 bits per heavy atom. The molecule has 0 aromatic heterocycles. The number of nitrogens with zero attached hydrogens (tertiary/aromatic N) is 1. The lowest BCUT2D eigenvalue weighted by Crippen LogP contribution is -2.35. The average Bonchev–Trinajstić information content (AvgIpc) is 2.72. The van der Waals surface area contributed by atoms with Crippen LogP contribution in [0.15, 0.2) is 21.1 Å². The molecule has 1 heterocycles. The summed E-state index contributed by atoms with van der Waals surface area (Å²) in [5.74, 6) is 0.253. The number of rotatable bonds is 3. The molecule has 4 nitrogen and oxygen atoms in total. The Morgan fingerprint density at radius 3 is 2.68 bits per heavy atom. The standard InChI is InChI=1S/C13H16Br2N2O2/c1-8(18)16-10-2-3-17(7-10)6-9-4-11(14)13(19)12(15)5-9/h4-5,10,19H,2-3,6-7H2,1H3,(H,16,18). The van der Waals surface area contributed by atoms with Crippen LogP contribution in [0.4, 0.5) is 0 Å². The molecular formula is C13H16Br2N2O2. The van der Waals surface area contributed by atoms with Gasteiger partial charge in [0.05, 0.1) is 8.95 Å². The van der Waals surface area contributed by atoms with Gasteiger partial charge >= 0.3 is 0 Å². The van der Waals surface area contributed by atoms with E-state index in [1.165, 1.54) is 0 Å². The first-order chi connectivity index (χ1) is 8.95. The summed E-state index contributed by atoms with van der Waals surface area (Å²) in [5.41, 5.74) is 1.13. The van der Waals surface area contributed by atoms with E-state index in [0.717, 1.165) is 31.6 Å². The number of halogens is 2. The zero-order valence-electron chi connectivity index (χ0n) is 10.6. The average molecular weight is 392 g/mol. The number of carbonyl (C=O) groups excluding carboxylic acids is 1. The number of phenols is 1. The van der Waals surface area contributed by atoms with Gasteiger partial charge in [-0.25, -0.2) is 0 Å². The zero-order valence-corrected chi connectivity index (χ0v) is 13.8. The molecule has 104 valence electrons. The molecule has 2 N–H and O–H groups in total. The van der Waals surface area contributed by atoms with Gasteiger partial charge in [-0.1, -0.05) is 0 Å². The van der Waals surface area contributed by atoms with Gasteiger partial charge in [0.15, 0.2) is 0 Å². The van der Waals surface area contributed by atoms with Crippen LogP contribution in [0, 0.1) is 0 Å². The summed E-state index contributed by atoms with van der Waals surface area (Å²) in [4.78, 5) is 13.3. The van der Waals surface area contributed by atoms with Crippen molar-refractivity contribution in [1.82, 2.24) is 10.2 Å². The molecule has 0 aliphatic carbocycles. The molecule has 1 atom stereocenters. The Balaban J connectivity index is 1.97. The van der Waals surface area contributed by atoms with Gasteiger partial charge in [0, 0.05) is 32.6 Å². The number of aromatic hydroxyl groups is 1. The molecule has 1 aliphatic rings. The Morgan fingerprint density at radius 2 is 2.11 bits per heavy atom. The highest BCUT2D eigenvalue weighted by Crippen LogP contribution is 2.33. The zero-order chi connectivity index (χ0) is 14.0. The lowest BCUT2D eigenvalue weighted by atomic mass is 10.2. The van der Waals surface area contributed by atoms with Crippen LogP contribution in [0.1, 0.15) is 18.9 Å². The van der Waals surface area contributed by atoms with Crippen LogP contribution in [-0.4, -0.2) is 35.0 Å². The summed E-state index contributed by atoms with van der Waals surface area (Å²) in [7, 11) is 0. The maximum atomic E-state index is 11.0. The number of likely N-dealkylation sites (tertiary alicyclic amines) is 1. The van der Waals surface area contributed by atoms with E-state index >= 15 is 0 Å². The Bertz CT molecular complexity index is 471. The van der Waals surface area contributed by atoms with Crippen molar-refractivity contribution in [3.63, 3.8) is 0 Å². The molecule has 0 bridgehead atoms. The second-order valence-electron chi connectivity index (χ2n) is 4.83. The van der Waals surface area contributed by atoms with Crippen LogP contribution in [-0.2, 0) is 11.3 Å². The van der Waals surface area contributed by atoms with Crippen LogP contribution < -0.4 is 5.32 Å². The van der Waals surface area contributed by atoms with Crippen molar-refractivity contribution in [2.24, 2.45) is 0 Å². The van der Waals surface area contributed by atoms with Crippen molar-refractivity contribution in [2.45, 2.75) is 25.9 Å². The first kappa shape index (κ1) is 14.8. The highest BCUT2D eigenvalue weighted by Gasteiger charge is 2.23. The fraction of sp³-hybridized carbons (Fsp3) is 0.462. The van der Waals surface area contributed by atoms with Gasteiger partial charge in [0.2, 0.25) is 5.91 Å². The molecule has 2 rings (SSSR count). The summed E-state index contributed by atoms with van der Waals surface area (Å²) >= 11 is 6.67. The minimum absolute atomic E-state index is 0.0296. The summed E-state index contributed by atoms with van der Waals surface area (Å²) in [6.07, 6.45) is 0.986.